The maximum atomic E-state index is 13.3. The molecule has 0 aliphatic heterocycles. The SMILES string of the molecule is C[C@@H]1[C@H]2[C@H]3CC[C@@H]4[C@]5(C)[C@@H](CC[C@@]4(C)[C@]3(C)CC[C@@]2(C)CC[C@H]1C)C(C)(C)CCC5(O)C(=O)OP. The highest BCUT2D eigenvalue weighted by Gasteiger charge is 2.75. The van der Waals surface area contributed by atoms with Gasteiger partial charge in [-0.15, -0.1) is 0 Å². The van der Waals surface area contributed by atoms with Crippen LogP contribution in [-0.4, -0.2) is 16.7 Å². The maximum Gasteiger partial charge on any atom is 0.340 e. The zero-order valence-corrected chi connectivity index (χ0v) is 25.0. The first-order valence-electron chi connectivity index (χ1n) is 14.8. The summed E-state index contributed by atoms with van der Waals surface area (Å²) in [5, 5.41) is 12.3. The number of carbonyl (C=O) groups excluding carboxylic acids is 1. The van der Waals surface area contributed by atoms with Crippen LogP contribution in [0.2, 0.25) is 0 Å². The van der Waals surface area contributed by atoms with Crippen LogP contribution in [0.15, 0.2) is 0 Å². The molecule has 35 heavy (non-hydrogen) atoms. The third-order valence-electron chi connectivity index (χ3n) is 14.6. The van der Waals surface area contributed by atoms with E-state index in [1.54, 1.807) is 0 Å². The van der Waals surface area contributed by atoms with Gasteiger partial charge in [0.1, 0.15) is 0 Å². The standard InChI is InChI=1S/C31H53O3P/c1-19-11-13-27(5)16-17-28(6)21(24(27)20(19)2)9-10-23-29(28,7)14-12-22-26(3,4)15-18-31(33,25(32)34-35)30(22,23)8/h19-24,33H,9-18,35H2,1-8H3/t19-,20+,21-,22+,23+,24+,27-,28-,29-,30+,31?/m1/s1. The van der Waals surface area contributed by atoms with Crippen LogP contribution in [0.1, 0.15) is 120 Å². The van der Waals surface area contributed by atoms with Crippen molar-refractivity contribution in [3.63, 3.8) is 0 Å². The Morgan fingerprint density at radius 2 is 1.49 bits per heavy atom. The minimum atomic E-state index is -1.40. The fraction of sp³-hybridized carbons (Fsp3) is 0.968. The van der Waals surface area contributed by atoms with Crippen LogP contribution in [0.3, 0.4) is 0 Å². The second kappa shape index (κ2) is 7.94. The van der Waals surface area contributed by atoms with Crippen molar-refractivity contribution in [2.75, 3.05) is 0 Å². The van der Waals surface area contributed by atoms with E-state index in [9.17, 15) is 9.90 Å². The molecule has 0 heterocycles. The van der Waals surface area contributed by atoms with Crippen molar-refractivity contribution in [1.29, 1.82) is 0 Å². The Morgan fingerprint density at radius 3 is 2.14 bits per heavy atom. The normalized spacial score (nSPS) is 57.2. The lowest BCUT2D eigenvalue weighted by atomic mass is 9.30. The Morgan fingerprint density at radius 1 is 0.800 bits per heavy atom. The molecule has 0 bridgehead atoms. The van der Waals surface area contributed by atoms with E-state index in [1.807, 2.05) is 0 Å². The predicted octanol–water partition coefficient (Wildman–Crippen LogP) is 7.81. The fourth-order valence-electron chi connectivity index (χ4n) is 12.1. The monoisotopic (exact) mass is 504 g/mol. The van der Waals surface area contributed by atoms with Gasteiger partial charge in [0.15, 0.2) is 5.60 Å². The van der Waals surface area contributed by atoms with E-state index in [4.69, 9.17) is 4.52 Å². The van der Waals surface area contributed by atoms with Crippen molar-refractivity contribution in [3.05, 3.63) is 0 Å². The lowest BCUT2D eigenvalue weighted by Gasteiger charge is -2.75. The van der Waals surface area contributed by atoms with E-state index < -0.39 is 17.0 Å². The van der Waals surface area contributed by atoms with E-state index in [1.165, 1.54) is 38.5 Å². The quantitative estimate of drug-likeness (QED) is 0.370. The van der Waals surface area contributed by atoms with Crippen LogP contribution in [0, 0.1) is 62.6 Å². The minimum Gasteiger partial charge on any atom is -0.449 e. The largest absolute Gasteiger partial charge is 0.449 e. The van der Waals surface area contributed by atoms with Gasteiger partial charge in [-0.3, -0.25) is 0 Å². The Bertz CT molecular complexity index is 886. The van der Waals surface area contributed by atoms with E-state index >= 15 is 0 Å². The zero-order valence-electron chi connectivity index (χ0n) is 23.9. The van der Waals surface area contributed by atoms with Gasteiger partial charge in [0, 0.05) is 5.41 Å². The van der Waals surface area contributed by atoms with Crippen LogP contribution in [0.25, 0.3) is 0 Å². The maximum absolute atomic E-state index is 13.3. The van der Waals surface area contributed by atoms with E-state index in [0.29, 0.717) is 23.7 Å². The third-order valence-corrected chi connectivity index (χ3v) is 14.8. The summed E-state index contributed by atoms with van der Waals surface area (Å²) in [5.41, 5.74) is -0.870. The summed E-state index contributed by atoms with van der Waals surface area (Å²) in [7, 11) is 2.13. The van der Waals surface area contributed by atoms with Crippen molar-refractivity contribution in [2.24, 2.45) is 62.6 Å². The topological polar surface area (TPSA) is 46.5 Å². The van der Waals surface area contributed by atoms with Crippen molar-refractivity contribution in [2.45, 2.75) is 125 Å². The number of aliphatic hydroxyl groups is 1. The Balaban J connectivity index is 1.61. The van der Waals surface area contributed by atoms with Gasteiger partial charge in [-0.05, 0) is 121 Å². The smallest absolute Gasteiger partial charge is 0.340 e. The molecule has 5 rings (SSSR count). The fourth-order valence-corrected chi connectivity index (χ4v) is 12.3. The van der Waals surface area contributed by atoms with Gasteiger partial charge in [0.2, 0.25) is 0 Å². The van der Waals surface area contributed by atoms with Crippen molar-refractivity contribution < 1.29 is 14.4 Å². The molecular weight excluding hydrogens is 451 g/mol. The predicted molar refractivity (Wildman–Crippen MR) is 145 cm³/mol. The summed E-state index contributed by atoms with van der Waals surface area (Å²) in [6, 6.07) is 0. The molecule has 0 amide bonds. The van der Waals surface area contributed by atoms with Gasteiger partial charge >= 0.3 is 5.97 Å². The average Bonchev–Trinajstić information content (AvgIpc) is 2.79. The number of hydrogen-bond donors (Lipinski definition) is 1. The van der Waals surface area contributed by atoms with Gasteiger partial charge in [-0.2, -0.15) is 0 Å². The highest BCUT2D eigenvalue weighted by Crippen LogP contribution is 2.78. The summed E-state index contributed by atoms with van der Waals surface area (Å²) < 4.78 is 5.26. The molecule has 5 aliphatic carbocycles. The molecule has 0 radical (unpaired) electrons. The summed E-state index contributed by atoms with van der Waals surface area (Å²) >= 11 is 0. The second-order valence-corrected chi connectivity index (χ2v) is 16.0. The van der Waals surface area contributed by atoms with Crippen LogP contribution in [-0.2, 0) is 9.32 Å². The molecule has 0 aromatic rings. The molecule has 0 aromatic heterocycles. The number of hydrogen-bond acceptors (Lipinski definition) is 3. The molecule has 200 valence electrons. The highest BCUT2D eigenvalue weighted by atomic mass is 31.0. The Kier molecular flexibility index (Phi) is 6.00. The first-order valence-corrected chi connectivity index (χ1v) is 15.2. The number of fused-ring (bicyclic) bond motifs is 7. The van der Waals surface area contributed by atoms with Crippen molar-refractivity contribution >= 4 is 15.4 Å². The third kappa shape index (κ3) is 3.13. The molecule has 0 spiro atoms. The first kappa shape index (κ1) is 26.5. The molecule has 4 heteroatoms. The summed E-state index contributed by atoms with van der Waals surface area (Å²) in [6.07, 6.45) is 11.5. The average molecular weight is 505 g/mol. The van der Waals surface area contributed by atoms with Gasteiger partial charge in [-0.1, -0.05) is 55.4 Å². The molecule has 3 nitrogen and oxygen atoms in total. The number of rotatable bonds is 1. The minimum absolute atomic E-state index is 0.125. The zero-order chi connectivity index (χ0) is 25.8. The first-order chi connectivity index (χ1) is 16.1. The van der Waals surface area contributed by atoms with Crippen molar-refractivity contribution in [3.8, 4) is 0 Å². The molecule has 2 unspecified atom stereocenters. The molecular formula is C31H53O3P. The number of carbonyl (C=O) groups is 1. The van der Waals surface area contributed by atoms with E-state index in [2.05, 4.69) is 64.9 Å². The summed E-state index contributed by atoms with van der Waals surface area (Å²) in [6.45, 7) is 20.0. The molecule has 5 fully saturated rings. The van der Waals surface area contributed by atoms with E-state index in [-0.39, 0.29) is 16.2 Å². The molecule has 5 aliphatic rings. The van der Waals surface area contributed by atoms with E-state index in [0.717, 1.165) is 42.9 Å². The molecule has 12 atom stereocenters. The summed E-state index contributed by atoms with van der Waals surface area (Å²) in [4.78, 5) is 13.3. The van der Waals surface area contributed by atoms with Crippen LogP contribution in [0.5, 0.6) is 0 Å². The molecule has 0 saturated heterocycles. The van der Waals surface area contributed by atoms with Crippen molar-refractivity contribution in [1.82, 2.24) is 0 Å². The Labute approximate surface area is 217 Å². The van der Waals surface area contributed by atoms with Gasteiger partial charge < -0.3 is 9.63 Å². The molecule has 0 aromatic carbocycles. The van der Waals surface area contributed by atoms with Gasteiger partial charge in [0.05, 0.1) is 9.47 Å². The van der Waals surface area contributed by atoms with Crippen LogP contribution in [0.4, 0.5) is 0 Å². The van der Waals surface area contributed by atoms with Gasteiger partial charge in [-0.25, -0.2) is 4.79 Å². The lowest BCUT2D eigenvalue weighted by Crippen LogP contribution is -2.73. The molecule has 1 N–H and O–H groups in total. The molecule has 5 saturated carbocycles. The van der Waals surface area contributed by atoms with Crippen LogP contribution >= 0.6 is 9.47 Å². The Hall–Kier alpha value is -0.140. The lowest BCUT2D eigenvalue weighted by molar-refractivity contribution is -0.289. The summed E-state index contributed by atoms with van der Waals surface area (Å²) in [5.74, 6) is 3.39. The highest BCUT2D eigenvalue weighted by molar-refractivity contribution is 7.10. The second-order valence-electron chi connectivity index (χ2n) is 15.8. The van der Waals surface area contributed by atoms with Gasteiger partial charge in [0.25, 0.3) is 0 Å². The van der Waals surface area contributed by atoms with Crippen LogP contribution < -0.4 is 0 Å².